The summed E-state index contributed by atoms with van der Waals surface area (Å²) in [7, 11) is 0. The smallest absolute Gasteiger partial charge is 0.0144 e. The second-order valence-corrected chi connectivity index (χ2v) is 4.87. The lowest BCUT2D eigenvalue weighted by Crippen LogP contribution is -2.08. The molecule has 102 valence electrons. The number of benzene rings is 1. The van der Waals surface area contributed by atoms with Gasteiger partial charge in [-0.15, -0.1) is 0 Å². The van der Waals surface area contributed by atoms with Crippen molar-refractivity contribution in [2.45, 2.75) is 41.0 Å². The highest BCUT2D eigenvalue weighted by molar-refractivity contribution is 5.79. The van der Waals surface area contributed by atoms with Crippen LogP contribution < -0.4 is 0 Å². The molecule has 0 saturated carbocycles. The van der Waals surface area contributed by atoms with Crippen molar-refractivity contribution in [2.24, 2.45) is 5.92 Å². The topological polar surface area (TPSA) is 0 Å². The molecule has 1 aromatic carbocycles. The Hall–Kier alpha value is -1.56. The Kier molecular flexibility index (Phi) is 5.82. The molecule has 1 unspecified atom stereocenters. The van der Waals surface area contributed by atoms with Gasteiger partial charge >= 0.3 is 0 Å². The first-order valence-corrected chi connectivity index (χ1v) is 7.25. The maximum absolute atomic E-state index is 3.98. The van der Waals surface area contributed by atoms with Gasteiger partial charge in [-0.3, -0.25) is 0 Å². The lowest BCUT2D eigenvalue weighted by atomic mass is 9.79. The van der Waals surface area contributed by atoms with Gasteiger partial charge in [-0.2, -0.15) is 0 Å². The van der Waals surface area contributed by atoms with E-state index in [9.17, 15) is 0 Å². The summed E-state index contributed by atoms with van der Waals surface area (Å²) in [6, 6.07) is 8.63. The lowest BCUT2D eigenvalue weighted by molar-refractivity contribution is 0.747. The van der Waals surface area contributed by atoms with Crippen LogP contribution in [0.15, 0.2) is 54.1 Å². The van der Waals surface area contributed by atoms with Crippen LogP contribution in [-0.2, 0) is 0 Å². The third kappa shape index (κ3) is 3.26. The third-order valence-electron chi connectivity index (χ3n) is 3.62. The maximum Gasteiger partial charge on any atom is -0.0144 e. The van der Waals surface area contributed by atoms with E-state index in [-0.39, 0.29) is 0 Å². The highest BCUT2D eigenvalue weighted by Crippen LogP contribution is 2.38. The number of aryl methyl sites for hydroxylation is 1. The van der Waals surface area contributed by atoms with Crippen LogP contribution in [0.5, 0.6) is 0 Å². The van der Waals surface area contributed by atoms with Gasteiger partial charge in [0.1, 0.15) is 0 Å². The number of hydrogen-bond acceptors (Lipinski definition) is 0. The molecule has 0 heteroatoms. The lowest BCUT2D eigenvalue weighted by Gasteiger charge is -2.25. The van der Waals surface area contributed by atoms with Gasteiger partial charge in [0.2, 0.25) is 0 Å². The van der Waals surface area contributed by atoms with Gasteiger partial charge in [0.15, 0.2) is 0 Å². The monoisotopic (exact) mass is 254 g/mol. The molecule has 0 spiro atoms. The van der Waals surface area contributed by atoms with E-state index >= 15 is 0 Å². The zero-order chi connectivity index (χ0) is 14.4. The minimum absolute atomic E-state index is 0.577. The van der Waals surface area contributed by atoms with Crippen molar-refractivity contribution >= 4 is 5.57 Å². The largest absolute Gasteiger partial charge is 0.0984 e. The molecular formula is C19H26. The minimum atomic E-state index is 0.577. The molecule has 1 aromatic rings. The molecule has 0 aromatic heterocycles. The van der Waals surface area contributed by atoms with Gasteiger partial charge < -0.3 is 0 Å². The first-order chi connectivity index (χ1) is 9.15. The Bertz CT molecular complexity index is 501. The molecule has 19 heavy (non-hydrogen) atoms. The Labute approximate surface area is 118 Å². The van der Waals surface area contributed by atoms with E-state index in [4.69, 9.17) is 0 Å². The SMILES string of the molecule is C=CC1=C(c2ccccc2C)C(C)CC=C1C.CC. The van der Waals surface area contributed by atoms with Gasteiger partial charge in [-0.25, -0.2) is 0 Å². The average molecular weight is 254 g/mol. The van der Waals surface area contributed by atoms with Crippen LogP contribution in [0.4, 0.5) is 0 Å². The second-order valence-electron chi connectivity index (χ2n) is 4.87. The van der Waals surface area contributed by atoms with E-state index in [1.165, 1.54) is 27.8 Å². The zero-order valence-corrected chi connectivity index (χ0v) is 13.0. The Morgan fingerprint density at radius 1 is 1.16 bits per heavy atom. The van der Waals surface area contributed by atoms with Gasteiger partial charge in [-0.1, -0.05) is 63.8 Å². The average Bonchev–Trinajstić information content (AvgIpc) is 2.44. The molecule has 0 N–H and O–H groups in total. The molecule has 2 rings (SSSR count). The van der Waals surface area contributed by atoms with Crippen molar-refractivity contribution in [2.75, 3.05) is 0 Å². The predicted octanol–water partition coefficient (Wildman–Crippen LogP) is 5.95. The molecule has 0 heterocycles. The summed E-state index contributed by atoms with van der Waals surface area (Å²) >= 11 is 0. The van der Waals surface area contributed by atoms with Crippen molar-refractivity contribution in [1.29, 1.82) is 0 Å². The van der Waals surface area contributed by atoms with E-state index < -0.39 is 0 Å². The summed E-state index contributed by atoms with van der Waals surface area (Å²) in [5.74, 6) is 0.577. The molecule has 0 radical (unpaired) electrons. The van der Waals surface area contributed by atoms with Crippen LogP contribution in [0.1, 0.15) is 45.2 Å². The zero-order valence-electron chi connectivity index (χ0n) is 13.0. The van der Waals surface area contributed by atoms with Crippen LogP contribution in [0, 0.1) is 12.8 Å². The molecule has 0 aliphatic heterocycles. The van der Waals surface area contributed by atoms with E-state index in [2.05, 4.69) is 57.7 Å². The quantitative estimate of drug-likeness (QED) is 0.612. The summed E-state index contributed by atoms with van der Waals surface area (Å²) < 4.78 is 0. The first kappa shape index (κ1) is 15.5. The van der Waals surface area contributed by atoms with Crippen molar-refractivity contribution < 1.29 is 0 Å². The van der Waals surface area contributed by atoms with Crippen molar-refractivity contribution in [1.82, 2.24) is 0 Å². The summed E-state index contributed by atoms with van der Waals surface area (Å²) in [4.78, 5) is 0. The summed E-state index contributed by atoms with van der Waals surface area (Å²) in [5.41, 5.74) is 6.86. The van der Waals surface area contributed by atoms with Gasteiger partial charge in [-0.05, 0) is 54.0 Å². The number of allylic oxidation sites excluding steroid dienone is 5. The summed E-state index contributed by atoms with van der Waals surface area (Å²) in [6.45, 7) is 14.6. The molecule has 0 amide bonds. The molecular weight excluding hydrogens is 228 g/mol. The fourth-order valence-electron chi connectivity index (χ4n) is 2.62. The Morgan fingerprint density at radius 2 is 1.79 bits per heavy atom. The van der Waals surface area contributed by atoms with Gasteiger partial charge in [0.25, 0.3) is 0 Å². The molecule has 0 fully saturated rings. The Morgan fingerprint density at radius 3 is 2.37 bits per heavy atom. The highest BCUT2D eigenvalue weighted by atomic mass is 14.2. The predicted molar refractivity (Wildman–Crippen MR) is 87.2 cm³/mol. The fourth-order valence-corrected chi connectivity index (χ4v) is 2.62. The maximum atomic E-state index is 3.98. The molecule has 1 aliphatic rings. The summed E-state index contributed by atoms with van der Waals surface area (Å²) in [6.07, 6.45) is 5.46. The summed E-state index contributed by atoms with van der Waals surface area (Å²) in [5, 5.41) is 0. The second kappa shape index (κ2) is 7.13. The van der Waals surface area contributed by atoms with Gasteiger partial charge in [0.05, 0.1) is 0 Å². The van der Waals surface area contributed by atoms with Crippen molar-refractivity contribution in [3.05, 3.63) is 65.3 Å². The molecule has 1 atom stereocenters. The van der Waals surface area contributed by atoms with E-state index in [0.29, 0.717) is 5.92 Å². The van der Waals surface area contributed by atoms with E-state index in [0.717, 1.165) is 6.42 Å². The molecule has 1 aliphatic carbocycles. The highest BCUT2D eigenvalue weighted by Gasteiger charge is 2.20. The number of hydrogen-bond donors (Lipinski definition) is 0. The Balaban J connectivity index is 0.000000861. The fraction of sp³-hybridized carbons (Fsp3) is 0.368. The third-order valence-corrected chi connectivity index (χ3v) is 3.62. The molecule has 0 nitrogen and oxygen atoms in total. The van der Waals surface area contributed by atoms with E-state index in [1.807, 2.05) is 19.9 Å². The van der Waals surface area contributed by atoms with Crippen LogP contribution in [0.2, 0.25) is 0 Å². The normalized spacial score (nSPS) is 18.4. The molecule has 0 saturated heterocycles. The van der Waals surface area contributed by atoms with Gasteiger partial charge in [0, 0.05) is 0 Å². The standard InChI is InChI=1S/C17H20.C2H6/c1-5-15-13(3)10-11-14(4)17(15)16-9-7-6-8-12(16)2;1-2/h5-10,14H,1,11H2,2-4H3;1-2H3. The van der Waals surface area contributed by atoms with Crippen molar-refractivity contribution in [3.63, 3.8) is 0 Å². The van der Waals surface area contributed by atoms with Crippen LogP contribution in [-0.4, -0.2) is 0 Å². The van der Waals surface area contributed by atoms with E-state index in [1.54, 1.807) is 0 Å². The van der Waals surface area contributed by atoms with Crippen LogP contribution in [0.25, 0.3) is 5.57 Å². The van der Waals surface area contributed by atoms with Crippen LogP contribution >= 0.6 is 0 Å². The first-order valence-electron chi connectivity index (χ1n) is 7.25. The van der Waals surface area contributed by atoms with Crippen LogP contribution in [0.3, 0.4) is 0 Å². The number of rotatable bonds is 2. The molecule has 0 bridgehead atoms. The minimum Gasteiger partial charge on any atom is -0.0984 e. The van der Waals surface area contributed by atoms with Crippen molar-refractivity contribution in [3.8, 4) is 0 Å².